The van der Waals surface area contributed by atoms with E-state index in [2.05, 4.69) is 20.4 Å². The first-order chi connectivity index (χ1) is 14.7. The van der Waals surface area contributed by atoms with E-state index in [1.165, 1.54) is 0 Å². The first kappa shape index (κ1) is 19.3. The zero-order valence-electron chi connectivity index (χ0n) is 16.5. The monoisotopic (exact) mass is 399 g/mol. The molecule has 1 amide bonds. The van der Waals surface area contributed by atoms with Gasteiger partial charge < -0.3 is 10.1 Å². The topological polar surface area (TPSA) is 81.9 Å². The van der Waals surface area contributed by atoms with Gasteiger partial charge in [0.05, 0.1) is 24.1 Å². The molecule has 0 aliphatic rings. The Balaban J connectivity index is 1.41. The molecule has 0 aliphatic carbocycles. The van der Waals surface area contributed by atoms with Crippen LogP contribution in [0.15, 0.2) is 79.4 Å². The van der Waals surface area contributed by atoms with Crippen molar-refractivity contribution in [2.75, 3.05) is 0 Å². The highest BCUT2D eigenvalue weighted by Gasteiger charge is 2.12. The van der Waals surface area contributed by atoms with Crippen LogP contribution in [0.4, 0.5) is 0 Å². The van der Waals surface area contributed by atoms with E-state index in [0.717, 1.165) is 11.1 Å². The van der Waals surface area contributed by atoms with Crippen molar-refractivity contribution in [1.29, 1.82) is 0 Å². The average Bonchev–Trinajstić information content (AvgIpc) is 3.23. The molecule has 7 heteroatoms. The van der Waals surface area contributed by atoms with Gasteiger partial charge in [-0.05, 0) is 23.8 Å². The second-order valence-corrected chi connectivity index (χ2v) is 6.74. The maximum absolute atomic E-state index is 12.7. The Kier molecular flexibility index (Phi) is 5.80. The van der Waals surface area contributed by atoms with E-state index in [-0.39, 0.29) is 12.5 Å². The number of aryl methyl sites for hydroxylation is 1. The van der Waals surface area contributed by atoms with Crippen molar-refractivity contribution in [1.82, 2.24) is 25.1 Å². The number of aromatic nitrogens is 4. The molecule has 4 rings (SSSR count). The van der Waals surface area contributed by atoms with Crippen LogP contribution in [0.3, 0.4) is 0 Å². The lowest BCUT2D eigenvalue weighted by molar-refractivity contribution is 0.0950. The molecule has 0 unspecified atom stereocenters. The Hall–Kier alpha value is -4.00. The maximum Gasteiger partial charge on any atom is 0.251 e. The third-order valence-electron chi connectivity index (χ3n) is 4.51. The molecule has 1 N–H and O–H groups in total. The number of ether oxygens (including phenoxy) is 1. The largest absolute Gasteiger partial charge is 0.489 e. The van der Waals surface area contributed by atoms with Crippen LogP contribution in [0.1, 0.15) is 21.6 Å². The second-order valence-electron chi connectivity index (χ2n) is 6.74. The molecule has 0 fully saturated rings. The van der Waals surface area contributed by atoms with Crippen LogP contribution in [-0.2, 0) is 20.2 Å². The Labute approximate surface area is 174 Å². The van der Waals surface area contributed by atoms with Gasteiger partial charge in [0.2, 0.25) is 0 Å². The molecule has 2 heterocycles. The van der Waals surface area contributed by atoms with Gasteiger partial charge >= 0.3 is 0 Å². The summed E-state index contributed by atoms with van der Waals surface area (Å²) >= 11 is 0. The van der Waals surface area contributed by atoms with Crippen molar-refractivity contribution in [3.05, 3.63) is 96.2 Å². The number of carbonyl (C=O) groups excluding carboxylic acids is 1. The van der Waals surface area contributed by atoms with Gasteiger partial charge in [0, 0.05) is 36.8 Å². The maximum atomic E-state index is 12.7. The molecule has 7 nitrogen and oxygen atoms in total. The summed E-state index contributed by atoms with van der Waals surface area (Å²) in [6.45, 7) is 0.700. The first-order valence-electron chi connectivity index (χ1n) is 9.53. The Bertz CT molecular complexity index is 1140. The van der Waals surface area contributed by atoms with Crippen LogP contribution in [-0.4, -0.2) is 25.7 Å². The van der Waals surface area contributed by atoms with Crippen molar-refractivity contribution >= 4 is 5.91 Å². The number of hydrogen-bond donors (Lipinski definition) is 1. The van der Waals surface area contributed by atoms with Crippen LogP contribution in [0.5, 0.6) is 5.75 Å². The molecule has 2 aromatic heterocycles. The number of carbonyl (C=O) groups is 1. The number of nitrogens with zero attached hydrogens (tertiary/aromatic N) is 4. The van der Waals surface area contributed by atoms with E-state index < -0.39 is 0 Å². The van der Waals surface area contributed by atoms with Crippen molar-refractivity contribution < 1.29 is 9.53 Å². The van der Waals surface area contributed by atoms with Gasteiger partial charge in [-0.2, -0.15) is 5.10 Å². The van der Waals surface area contributed by atoms with E-state index in [9.17, 15) is 4.79 Å². The van der Waals surface area contributed by atoms with Gasteiger partial charge in [-0.1, -0.05) is 36.4 Å². The summed E-state index contributed by atoms with van der Waals surface area (Å²) in [5.74, 6) is 0.435. The van der Waals surface area contributed by atoms with Crippen LogP contribution >= 0.6 is 0 Å². The third-order valence-corrected chi connectivity index (χ3v) is 4.51. The number of benzene rings is 2. The average molecular weight is 399 g/mol. The fourth-order valence-electron chi connectivity index (χ4n) is 3.01. The van der Waals surface area contributed by atoms with Crippen LogP contribution < -0.4 is 10.1 Å². The smallest absolute Gasteiger partial charge is 0.251 e. The molecule has 150 valence electrons. The van der Waals surface area contributed by atoms with E-state index in [4.69, 9.17) is 4.74 Å². The Morgan fingerprint density at radius 2 is 1.90 bits per heavy atom. The molecule has 0 atom stereocenters. The standard InChI is InChI=1S/C23H21N5O2/c1-28-15-19(13-27-28)22-21(24-10-11-25-22)14-26-23(29)18-8-5-9-20(12-18)30-16-17-6-3-2-4-7-17/h2-13,15H,14,16H2,1H3,(H,26,29). The Morgan fingerprint density at radius 3 is 2.70 bits per heavy atom. The van der Waals surface area contributed by atoms with E-state index in [0.29, 0.717) is 29.3 Å². The molecular weight excluding hydrogens is 378 g/mol. The normalized spacial score (nSPS) is 10.6. The highest BCUT2D eigenvalue weighted by Crippen LogP contribution is 2.19. The fourth-order valence-corrected chi connectivity index (χ4v) is 3.01. The third kappa shape index (κ3) is 4.70. The minimum absolute atomic E-state index is 0.206. The summed E-state index contributed by atoms with van der Waals surface area (Å²) in [5.41, 5.74) is 3.82. The van der Waals surface area contributed by atoms with Crippen molar-refractivity contribution in [2.24, 2.45) is 7.05 Å². The second kappa shape index (κ2) is 9.00. The van der Waals surface area contributed by atoms with E-state index >= 15 is 0 Å². The highest BCUT2D eigenvalue weighted by atomic mass is 16.5. The first-order valence-corrected chi connectivity index (χ1v) is 9.53. The lowest BCUT2D eigenvalue weighted by atomic mass is 10.1. The van der Waals surface area contributed by atoms with Crippen LogP contribution in [0.25, 0.3) is 11.3 Å². The summed E-state index contributed by atoms with van der Waals surface area (Å²) in [6.07, 6.45) is 6.83. The number of nitrogens with one attached hydrogen (secondary N) is 1. The summed E-state index contributed by atoms with van der Waals surface area (Å²) < 4.78 is 7.52. The summed E-state index contributed by atoms with van der Waals surface area (Å²) in [5, 5.41) is 7.08. The molecule has 0 saturated heterocycles. The summed E-state index contributed by atoms with van der Waals surface area (Å²) in [4.78, 5) is 21.4. The summed E-state index contributed by atoms with van der Waals surface area (Å²) in [7, 11) is 1.84. The minimum Gasteiger partial charge on any atom is -0.489 e. The van der Waals surface area contributed by atoms with Gasteiger partial charge in [0.1, 0.15) is 12.4 Å². The number of amides is 1. The fraction of sp³-hybridized carbons (Fsp3) is 0.130. The number of hydrogen-bond acceptors (Lipinski definition) is 5. The minimum atomic E-state index is -0.206. The Morgan fingerprint density at radius 1 is 1.07 bits per heavy atom. The van der Waals surface area contributed by atoms with Crippen LogP contribution in [0, 0.1) is 0 Å². The van der Waals surface area contributed by atoms with Gasteiger partial charge in [-0.15, -0.1) is 0 Å². The zero-order chi connectivity index (χ0) is 20.8. The van der Waals surface area contributed by atoms with Crippen molar-refractivity contribution in [3.8, 4) is 17.0 Å². The summed E-state index contributed by atoms with van der Waals surface area (Å²) in [6, 6.07) is 17.0. The van der Waals surface area contributed by atoms with E-state index in [1.807, 2.05) is 49.6 Å². The molecule has 0 aliphatic heterocycles. The highest BCUT2D eigenvalue weighted by molar-refractivity contribution is 5.94. The molecule has 30 heavy (non-hydrogen) atoms. The molecule has 0 saturated carbocycles. The van der Waals surface area contributed by atoms with Crippen LogP contribution in [0.2, 0.25) is 0 Å². The lowest BCUT2D eigenvalue weighted by Crippen LogP contribution is -2.23. The molecular formula is C23H21N5O2. The molecule has 0 radical (unpaired) electrons. The van der Waals surface area contributed by atoms with Gasteiger partial charge in [-0.3, -0.25) is 19.4 Å². The quantitative estimate of drug-likeness (QED) is 0.515. The SMILES string of the molecule is Cn1cc(-c2nccnc2CNC(=O)c2cccc(OCc3ccccc3)c2)cn1. The molecule has 2 aromatic carbocycles. The zero-order valence-corrected chi connectivity index (χ0v) is 16.5. The van der Waals surface area contributed by atoms with Gasteiger partial charge in [0.15, 0.2) is 0 Å². The van der Waals surface area contributed by atoms with Crippen molar-refractivity contribution in [2.45, 2.75) is 13.2 Å². The van der Waals surface area contributed by atoms with Gasteiger partial charge in [0.25, 0.3) is 5.91 Å². The predicted octanol–water partition coefficient (Wildman–Crippen LogP) is 3.39. The predicted molar refractivity (Wildman–Crippen MR) is 113 cm³/mol. The van der Waals surface area contributed by atoms with Crippen molar-refractivity contribution in [3.63, 3.8) is 0 Å². The van der Waals surface area contributed by atoms with E-state index in [1.54, 1.807) is 41.5 Å². The van der Waals surface area contributed by atoms with Gasteiger partial charge in [-0.25, -0.2) is 0 Å². The molecule has 4 aromatic rings. The lowest BCUT2D eigenvalue weighted by Gasteiger charge is -2.10. The number of rotatable bonds is 7. The molecule has 0 spiro atoms. The molecule has 0 bridgehead atoms.